The van der Waals surface area contributed by atoms with Gasteiger partial charge in [-0.1, -0.05) is 42.5 Å². The molecule has 2 aliphatic heterocycles. The topological polar surface area (TPSA) is 46.4 Å². The van der Waals surface area contributed by atoms with Crippen molar-refractivity contribution in [2.24, 2.45) is 0 Å². The van der Waals surface area contributed by atoms with Gasteiger partial charge in [0, 0.05) is 26.2 Å². The lowest BCUT2D eigenvalue weighted by atomic mass is 10.00. The van der Waals surface area contributed by atoms with Crippen LogP contribution in [0.15, 0.2) is 42.5 Å². The Morgan fingerprint density at radius 2 is 2.08 bits per heavy atom. The van der Waals surface area contributed by atoms with E-state index in [1.807, 2.05) is 0 Å². The Kier molecular flexibility index (Phi) is 4.60. The van der Waals surface area contributed by atoms with Gasteiger partial charge in [0.2, 0.25) is 0 Å². The summed E-state index contributed by atoms with van der Waals surface area (Å²) in [6.45, 7) is 4.20. The van der Waals surface area contributed by atoms with Gasteiger partial charge in [0.15, 0.2) is 5.78 Å². The summed E-state index contributed by atoms with van der Waals surface area (Å²) in [5, 5.41) is 10.4. The zero-order valence-corrected chi connectivity index (χ0v) is 13.9. The predicted octanol–water partition coefficient (Wildman–Crippen LogP) is 1.95. The quantitative estimate of drug-likeness (QED) is 0.936. The van der Waals surface area contributed by atoms with Gasteiger partial charge in [-0.2, -0.15) is 0 Å². The molecule has 2 aromatic rings. The maximum absolute atomic E-state index is 12.9. The molecule has 1 unspecified atom stereocenters. The van der Waals surface area contributed by atoms with Gasteiger partial charge in [-0.3, -0.25) is 9.69 Å². The Morgan fingerprint density at radius 1 is 1.21 bits per heavy atom. The molecule has 1 N–H and O–H groups in total. The minimum Gasteiger partial charge on any atom is -0.313 e. The molecule has 1 radical (unpaired) electrons. The molecule has 2 aliphatic rings. The van der Waals surface area contributed by atoms with E-state index in [-0.39, 0.29) is 12.1 Å². The molecule has 4 nitrogen and oxygen atoms in total. The number of hydrogen-bond acceptors (Lipinski definition) is 3. The molecule has 0 spiro atoms. The van der Waals surface area contributed by atoms with Crippen molar-refractivity contribution in [2.75, 3.05) is 26.2 Å². The van der Waals surface area contributed by atoms with Crippen LogP contribution in [0.3, 0.4) is 0 Å². The van der Waals surface area contributed by atoms with E-state index in [4.69, 9.17) is 0 Å². The molecule has 2 aromatic carbocycles. The lowest BCUT2D eigenvalue weighted by Crippen LogP contribution is -2.53. The van der Waals surface area contributed by atoms with Gasteiger partial charge in [-0.05, 0) is 35.7 Å². The molecule has 0 saturated carbocycles. The van der Waals surface area contributed by atoms with E-state index in [9.17, 15) is 4.79 Å². The smallest absolute Gasteiger partial charge is 0.169 e. The van der Waals surface area contributed by atoms with Gasteiger partial charge in [-0.15, -0.1) is 0 Å². The summed E-state index contributed by atoms with van der Waals surface area (Å²) in [5.74, 6) is 0.305. The van der Waals surface area contributed by atoms with Crippen LogP contribution in [-0.2, 0) is 11.3 Å². The molecule has 0 aromatic heterocycles. The van der Waals surface area contributed by atoms with Gasteiger partial charge in [0.25, 0.3) is 0 Å². The highest BCUT2D eigenvalue weighted by molar-refractivity contribution is 5.90. The van der Waals surface area contributed by atoms with Crippen LogP contribution in [-0.4, -0.2) is 48.9 Å². The largest absolute Gasteiger partial charge is 0.313 e. The second-order valence-electron chi connectivity index (χ2n) is 6.80. The van der Waals surface area contributed by atoms with E-state index in [0.717, 1.165) is 39.0 Å². The normalized spacial score (nSPS) is 25.2. The first-order valence-electron chi connectivity index (χ1n) is 8.95. The van der Waals surface area contributed by atoms with Crippen LogP contribution < -0.4 is 10.6 Å². The average Bonchev–Trinajstić information content (AvgIpc) is 3.10. The Bertz CT molecular complexity index is 718. The summed E-state index contributed by atoms with van der Waals surface area (Å²) in [6.07, 6.45) is 2.07. The van der Waals surface area contributed by atoms with Crippen LogP contribution in [0.2, 0.25) is 0 Å². The van der Waals surface area contributed by atoms with Gasteiger partial charge < -0.3 is 5.32 Å². The number of nitrogens with zero attached hydrogens (tertiary/aromatic N) is 2. The summed E-state index contributed by atoms with van der Waals surface area (Å²) in [7, 11) is 0. The molecule has 2 heterocycles. The molecule has 2 fully saturated rings. The maximum Gasteiger partial charge on any atom is 0.169 e. The molecular formula is C20H24N3O. The zero-order chi connectivity index (χ0) is 16.4. The maximum atomic E-state index is 12.9. The van der Waals surface area contributed by atoms with E-state index in [1.165, 1.54) is 16.3 Å². The van der Waals surface area contributed by atoms with Gasteiger partial charge in [-0.25, -0.2) is 5.32 Å². The molecule has 2 saturated heterocycles. The number of fused-ring (bicyclic) bond motifs is 1. The summed E-state index contributed by atoms with van der Waals surface area (Å²) in [5.41, 5.74) is 1.31. The van der Waals surface area contributed by atoms with E-state index in [2.05, 4.69) is 58.0 Å². The number of benzene rings is 2. The lowest BCUT2D eigenvalue weighted by Gasteiger charge is -2.29. The SMILES string of the molecule is O=C(C1CNCC[N]1)[C@@H]1CCCN1Cc1cccc2ccccc12. The first kappa shape index (κ1) is 15.8. The highest BCUT2D eigenvalue weighted by atomic mass is 16.1. The number of piperazine rings is 1. The van der Waals surface area contributed by atoms with Crippen molar-refractivity contribution >= 4 is 16.6 Å². The van der Waals surface area contributed by atoms with E-state index < -0.39 is 0 Å². The lowest BCUT2D eigenvalue weighted by molar-refractivity contribution is -0.125. The number of carbonyl (C=O) groups excluding carboxylic acids is 1. The fraction of sp³-hybridized carbons (Fsp3) is 0.450. The zero-order valence-electron chi connectivity index (χ0n) is 13.9. The fourth-order valence-electron chi connectivity index (χ4n) is 4.00. The van der Waals surface area contributed by atoms with Crippen molar-refractivity contribution in [1.29, 1.82) is 0 Å². The first-order chi connectivity index (χ1) is 11.8. The standard InChI is InChI=1S/C20H24N3O/c24-20(18-13-21-10-11-22-18)19-9-4-12-23(19)14-16-7-3-6-15-5-1-2-8-17(15)16/h1-3,5-8,18-19,21H,4,9-14H2/t18?,19-/m0/s1. The van der Waals surface area contributed by atoms with Gasteiger partial charge in [0.1, 0.15) is 0 Å². The van der Waals surface area contributed by atoms with Crippen molar-refractivity contribution in [3.8, 4) is 0 Å². The minimum absolute atomic E-state index is 0.0256. The Hall–Kier alpha value is -1.75. The van der Waals surface area contributed by atoms with Crippen LogP contribution in [0.5, 0.6) is 0 Å². The summed E-state index contributed by atoms with van der Waals surface area (Å²) in [4.78, 5) is 15.2. The third-order valence-corrected chi connectivity index (χ3v) is 5.25. The number of likely N-dealkylation sites (tertiary alicyclic amines) is 1. The van der Waals surface area contributed by atoms with Crippen LogP contribution in [0.1, 0.15) is 18.4 Å². The van der Waals surface area contributed by atoms with Crippen molar-refractivity contribution in [2.45, 2.75) is 31.5 Å². The van der Waals surface area contributed by atoms with Crippen molar-refractivity contribution in [3.63, 3.8) is 0 Å². The number of nitrogens with one attached hydrogen (secondary N) is 1. The third-order valence-electron chi connectivity index (χ3n) is 5.25. The molecule has 2 atom stereocenters. The first-order valence-corrected chi connectivity index (χ1v) is 8.95. The van der Waals surface area contributed by atoms with Gasteiger partial charge in [0.05, 0.1) is 12.1 Å². The molecule has 4 heteroatoms. The van der Waals surface area contributed by atoms with Crippen LogP contribution >= 0.6 is 0 Å². The monoisotopic (exact) mass is 322 g/mol. The number of ketones is 1. The molecule has 0 amide bonds. The highest BCUT2D eigenvalue weighted by Gasteiger charge is 2.35. The fourth-order valence-corrected chi connectivity index (χ4v) is 4.00. The van der Waals surface area contributed by atoms with Crippen molar-refractivity contribution in [3.05, 3.63) is 48.0 Å². The third kappa shape index (κ3) is 3.09. The number of hydrogen-bond donors (Lipinski definition) is 1. The second-order valence-corrected chi connectivity index (χ2v) is 6.80. The molecular weight excluding hydrogens is 298 g/mol. The van der Waals surface area contributed by atoms with Crippen LogP contribution in [0, 0.1) is 0 Å². The Labute approximate surface area is 143 Å². The summed E-state index contributed by atoms with van der Waals surface area (Å²) < 4.78 is 0. The molecule has 0 aliphatic carbocycles. The number of carbonyl (C=O) groups is 1. The summed E-state index contributed by atoms with van der Waals surface area (Å²) in [6, 6.07) is 14.8. The van der Waals surface area contributed by atoms with Crippen molar-refractivity contribution in [1.82, 2.24) is 15.5 Å². The second kappa shape index (κ2) is 7.01. The van der Waals surface area contributed by atoms with E-state index in [1.54, 1.807) is 0 Å². The highest BCUT2D eigenvalue weighted by Crippen LogP contribution is 2.25. The molecule has 4 rings (SSSR count). The van der Waals surface area contributed by atoms with E-state index in [0.29, 0.717) is 12.3 Å². The Balaban J connectivity index is 1.53. The molecule has 24 heavy (non-hydrogen) atoms. The minimum atomic E-state index is -0.156. The predicted molar refractivity (Wildman–Crippen MR) is 96.0 cm³/mol. The Morgan fingerprint density at radius 3 is 2.96 bits per heavy atom. The molecule has 0 bridgehead atoms. The number of Topliss-reactive ketones (excluding diaryl/α,β-unsaturated/α-hetero) is 1. The number of rotatable bonds is 4. The molecule has 125 valence electrons. The van der Waals surface area contributed by atoms with Gasteiger partial charge >= 0.3 is 0 Å². The van der Waals surface area contributed by atoms with Crippen molar-refractivity contribution < 1.29 is 4.79 Å². The average molecular weight is 322 g/mol. The van der Waals surface area contributed by atoms with Crippen LogP contribution in [0.4, 0.5) is 0 Å². The van der Waals surface area contributed by atoms with Crippen LogP contribution in [0.25, 0.3) is 10.8 Å². The summed E-state index contributed by atoms with van der Waals surface area (Å²) >= 11 is 0. The van der Waals surface area contributed by atoms with E-state index >= 15 is 0 Å².